The normalized spacial score (nSPS) is 16.5. The highest BCUT2D eigenvalue weighted by molar-refractivity contribution is 7.91. The van der Waals surface area contributed by atoms with E-state index in [2.05, 4.69) is 6.92 Å². The van der Waals surface area contributed by atoms with Crippen molar-refractivity contribution in [3.05, 3.63) is 101 Å². The molecule has 1 atom stereocenters. The number of fused-ring (bicyclic) bond motifs is 1. The molecule has 1 aliphatic heterocycles. The first-order chi connectivity index (χ1) is 16.8. The maximum Gasteiger partial charge on any atom is 0.211 e. The molecule has 1 unspecified atom stereocenters. The summed E-state index contributed by atoms with van der Waals surface area (Å²) in [5.74, 6) is -0.0621. The molecule has 180 valence electrons. The van der Waals surface area contributed by atoms with Crippen molar-refractivity contribution in [2.24, 2.45) is 5.92 Å². The van der Waals surface area contributed by atoms with Crippen molar-refractivity contribution in [3.63, 3.8) is 0 Å². The minimum atomic E-state index is -4.09. The Balaban J connectivity index is 1.74. The lowest BCUT2D eigenvalue weighted by molar-refractivity contribution is 0.442. The smallest absolute Gasteiger partial charge is 0.211 e. The number of benzene rings is 3. The quantitative estimate of drug-likeness (QED) is 0.383. The lowest BCUT2D eigenvalue weighted by Crippen LogP contribution is -2.35. The standard InChI is InChI=1S/C28H27FN2O3S/c1-20-9-8-14-30(17-20)26-16-25-23(15-24(26)29)28(32)27(35(33,34)22-12-6-3-7-13-22)19-31(25)18-21-10-4-2-5-11-21/h2-7,10-13,15-16,19-20H,8-9,14,17-18H2,1H3. The summed E-state index contributed by atoms with van der Waals surface area (Å²) in [4.78, 5) is 15.2. The molecule has 5 rings (SSSR count). The summed E-state index contributed by atoms with van der Waals surface area (Å²) in [6.07, 6.45) is 3.48. The van der Waals surface area contributed by atoms with Crippen molar-refractivity contribution >= 4 is 26.4 Å². The van der Waals surface area contributed by atoms with Crippen molar-refractivity contribution in [2.45, 2.75) is 36.1 Å². The lowest BCUT2D eigenvalue weighted by atomic mass is 9.99. The Labute approximate surface area is 204 Å². The second kappa shape index (κ2) is 9.30. The van der Waals surface area contributed by atoms with E-state index in [4.69, 9.17) is 0 Å². The van der Waals surface area contributed by atoms with Gasteiger partial charge in [-0.25, -0.2) is 12.8 Å². The highest BCUT2D eigenvalue weighted by atomic mass is 32.2. The van der Waals surface area contributed by atoms with Crippen LogP contribution in [0.15, 0.2) is 93.6 Å². The summed E-state index contributed by atoms with van der Waals surface area (Å²) < 4.78 is 44.0. The fraction of sp³-hybridized carbons (Fsp3) is 0.250. The van der Waals surface area contributed by atoms with Crippen LogP contribution in [0.2, 0.25) is 0 Å². The molecule has 0 bridgehead atoms. The minimum absolute atomic E-state index is 0.0297. The Morgan fingerprint density at radius 2 is 1.69 bits per heavy atom. The third kappa shape index (κ3) is 4.48. The molecule has 0 spiro atoms. The van der Waals surface area contributed by atoms with Gasteiger partial charge in [0.2, 0.25) is 15.3 Å². The summed E-state index contributed by atoms with van der Waals surface area (Å²) in [6, 6.07) is 20.4. The second-order valence-electron chi connectivity index (χ2n) is 9.27. The number of hydrogen-bond acceptors (Lipinski definition) is 4. The minimum Gasteiger partial charge on any atom is -0.369 e. The van der Waals surface area contributed by atoms with Gasteiger partial charge in [-0.1, -0.05) is 55.5 Å². The van der Waals surface area contributed by atoms with E-state index in [1.54, 1.807) is 28.8 Å². The van der Waals surface area contributed by atoms with Crippen LogP contribution in [0.25, 0.3) is 10.9 Å². The second-order valence-corrected chi connectivity index (χ2v) is 11.2. The molecule has 1 aromatic heterocycles. The number of hydrogen-bond donors (Lipinski definition) is 0. The van der Waals surface area contributed by atoms with Crippen LogP contribution in [0, 0.1) is 11.7 Å². The first-order valence-electron chi connectivity index (χ1n) is 11.8. The van der Waals surface area contributed by atoms with Gasteiger partial charge in [0.1, 0.15) is 10.7 Å². The Morgan fingerprint density at radius 3 is 2.37 bits per heavy atom. The summed E-state index contributed by atoms with van der Waals surface area (Å²) in [7, 11) is -4.09. The average Bonchev–Trinajstić information content (AvgIpc) is 2.86. The Kier molecular flexibility index (Phi) is 6.19. The van der Waals surface area contributed by atoms with Crippen LogP contribution in [-0.4, -0.2) is 26.1 Å². The highest BCUT2D eigenvalue weighted by Gasteiger charge is 2.26. The summed E-state index contributed by atoms with van der Waals surface area (Å²) >= 11 is 0. The zero-order valence-corrected chi connectivity index (χ0v) is 20.3. The van der Waals surface area contributed by atoms with E-state index >= 15 is 4.39 Å². The Morgan fingerprint density at radius 1 is 1.00 bits per heavy atom. The van der Waals surface area contributed by atoms with Crippen LogP contribution in [0.1, 0.15) is 25.3 Å². The van der Waals surface area contributed by atoms with Gasteiger partial charge in [-0.3, -0.25) is 4.79 Å². The molecule has 1 saturated heterocycles. The zero-order valence-electron chi connectivity index (χ0n) is 19.5. The van der Waals surface area contributed by atoms with Crippen molar-refractivity contribution in [1.29, 1.82) is 0 Å². The first-order valence-corrected chi connectivity index (χ1v) is 13.3. The van der Waals surface area contributed by atoms with Crippen LogP contribution in [-0.2, 0) is 16.4 Å². The molecular formula is C28H27FN2O3S. The van der Waals surface area contributed by atoms with Gasteiger partial charge >= 0.3 is 0 Å². The molecule has 0 radical (unpaired) electrons. The molecule has 1 aliphatic rings. The number of anilines is 1. The average molecular weight is 491 g/mol. The SMILES string of the molecule is CC1CCCN(c2cc3c(cc2F)c(=O)c(S(=O)(=O)c2ccccc2)cn3Cc2ccccc2)C1. The van der Waals surface area contributed by atoms with E-state index in [1.165, 1.54) is 24.4 Å². The third-order valence-corrected chi connectivity index (χ3v) is 8.42. The predicted octanol–water partition coefficient (Wildman–Crippen LogP) is 5.26. The predicted molar refractivity (Wildman–Crippen MR) is 136 cm³/mol. The van der Waals surface area contributed by atoms with E-state index in [0.29, 0.717) is 23.7 Å². The number of piperidine rings is 1. The molecule has 1 fully saturated rings. The Hall–Kier alpha value is -3.45. The van der Waals surface area contributed by atoms with Gasteiger partial charge in [-0.15, -0.1) is 0 Å². The van der Waals surface area contributed by atoms with Crippen molar-refractivity contribution in [2.75, 3.05) is 18.0 Å². The van der Waals surface area contributed by atoms with Crippen LogP contribution >= 0.6 is 0 Å². The molecule has 4 aromatic rings. The van der Waals surface area contributed by atoms with E-state index in [-0.39, 0.29) is 15.2 Å². The number of pyridine rings is 1. The van der Waals surface area contributed by atoms with Gasteiger partial charge in [0.25, 0.3) is 0 Å². The lowest BCUT2D eigenvalue weighted by Gasteiger charge is -2.33. The van der Waals surface area contributed by atoms with E-state index in [9.17, 15) is 13.2 Å². The number of sulfone groups is 1. The number of aromatic nitrogens is 1. The van der Waals surface area contributed by atoms with Crippen LogP contribution in [0.4, 0.5) is 10.1 Å². The number of halogens is 1. The van der Waals surface area contributed by atoms with E-state index < -0.39 is 21.1 Å². The summed E-state index contributed by atoms with van der Waals surface area (Å²) in [5.41, 5.74) is 1.22. The topological polar surface area (TPSA) is 59.4 Å². The van der Waals surface area contributed by atoms with Crippen LogP contribution in [0.5, 0.6) is 0 Å². The molecule has 0 amide bonds. The van der Waals surface area contributed by atoms with Gasteiger partial charge in [0, 0.05) is 25.8 Å². The maximum atomic E-state index is 15.4. The molecule has 5 nitrogen and oxygen atoms in total. The third-order valence-electron chi connectivity index (χ3n) is 6.65. The Bertz CT molecular complexity index is 1530. The monoisotopic (exact) mass is 490 g/mol. The maximum absolute atomic E-state index is 15.4. The largest absolute Gasteiger partial charge is 0.369 e. The molecule has 0 saturated carbocycles. The fourth-order valence-electron chi connectivity index (χ4n) is 4.85. The van der Waals surface area contributed by atoms with Gasteiger partial charge in [0.05, 0.1) is 21.5 Å². The van der Waals surface area contributed by atoms with Gasteiger partial charge in [-0.05, 0) is 48.6 Å². The molecular weight excluding hydrogens is 463 g/mol. The summed E-state index contributed by atoms with van der Waals surface area (Å²) in [5, 5.41) is 0.0595. The summed E-state index contributed by atoms with van der Waals surface area (Å²) in [6.45, 7) is 3.98. The molecule has 7 heteroatoms. The van der Waals surface area contributed by atoms with Crippen molar-refractivity contribution in [1.82, 2.24) is 4.57 Å². The van der Waals surface area contributed by atoms with Crippen LogP contribution in [0.3, 0.4) is 0 Å². The van der Waals surface area contributed by atoms with Gasteiger partial charge < -0.3 is 9.47 Å². The van der Waals surface area contributed by atoms with Crippen molar-refractivity contribution < 1.29 is 12.8 Å². The van der Waals surface area contributed by atoms with E-state index in [1.807, 2.05) is 35.2 Å². The van der Waals surface area contributed by atoms with Gasteiger partial charge in [0.15, 0.2) is 0 Å². The molecule has 0 N–H and O–H groups in total. The van der Waals surface area contributed by atoms with E-state index in [0.717, 1.165) is 31.5 Å². The molecule has 3 aromatic carbocycles. The molecule has 0 aliphatic carbocycles. The molecule has 35 heavy (non-hydrogen) atoms. The zero-order chi connectivity index (χ0) is 24.6. The van der Waals surface area contributed by atoms with Gasteiger partial charge in [-0.2, -0.15) is 0 Å². The highest BCUT2D eigenvalue weighted by Crippen LogP contribution is 2.30. The number of rotatable bonds is 5. The number of nitrogens with zero attached hydrogens (tertiary/aromatic N) is 2. The van der Waals surface area contributed by atoms with Crippen molar-refractivity contribution in [3.8, 4) is 0 Å². The van der Waals surface area contributed by atoms with Crippen LogP contribution < -0.4 is 10.3 Å². The molecule has 2 heterocycles. The first kappa shape index (κ1) is 23.3. The fourth-order valence-corrected chi connectivity index (χ4v) is 6.24.